The molecule has 4 nitrogen and oxygen atoms in total. The van der Waals surface area contributed by atoms with Crippen LogP contribution in [0, 0.1) is 0 Å². The molecule has 1 fully saturated rings. The van der Waals surface area contributed by atoms with Crippen molar-refractivity contribution in [3.8, 4) is 0 Å². The smallest absolute Gasteiger partial charge is 0.330 e. The number of hydrogen-bond donors (Lipinski definition) is 0. The first-order chi connectivity index (χ1) is 6.15. The van der Waals surface area contributed by atoms with Crippen molar-refractivity contribution in [3.05, 3.63) is 0 Å². The van der Waals surface area contributed by atoms with E-state index in [0.717, 1.165) is 0 Å². The summed E-state index contributed by atoms with van der Waals surface area (Å²) in [5.41, 5.74) is 0. The zero-order valence-corrected chi connectivity index (χ0v) is 12.9. The lowest BCUT2D eigenvalue weighted by Gasteiger charge is -2.30. The fourth-order valence-corrected chi connectivity index (χ4v) is 3.91. The molecule has 14 heavy (non-hydrogen) atoms. The highest BCUT2D eigenvalue weighted by Crippen LogP contribution is 2.58. The Balaban J connectivity index is 0.000000364. The fraction of sp³-hybridized carbons (Fsp3) is 1.00. The molecule has 0 atom stereocenters. The van der Waals surface area contributed by atoms with Crippen molar-refractivity contribution in [1.82, 2.24) is 0 Å². The van der Waals surface area contributed by atoms with Crippen molar-refractivity contribution in [1.29, 1.82) is 0 Å². The van der Waals surface area contributed by atoms with E-state index in [1.807, 2.05) is 19.6 Å². The van der Waals surface area contributed by atoms with E-state index in [9.17, 15) is 4.57 Å². The molecule has 1 aliphatic heterocycles. The molecule has 1 rings (SSSR count). The Bertz CT molecular complexity index is 205. The highest BCUT2D eigenvalue weighted by molar-refractivity contribution is 7.51. The van der Waals surface area contributed by atoms with Crippen molar-refractivity contribution in [2.24, 2.45) is 0 Å². The molecule has 0 amide bonds. The Hall–Kier alpha value is 0.859. The maximum atomic E-state index is 11.1. The van der Waals surface area contributed by atoms with Crippen LogP contribution in [0.4, 0.5) is 0 Å². The van der Waals surface area contributed by atoms with Crippen LogP contribution in [0.15, 0.2) is 0 Å². The van der Waals surface area contributed by atoms with Gasteiger partial charge in [-0.05, 0) is 19.6 Å². The van der Waals surface area contributed by atoms with E-state index in [1.165, 1.54) is 0 Å². The lowest BCUT2D eigenvalue weighted by molar-refractivity contribution is -0.0234. The van der Waals surface area contributed by atoms with E-state index < -0.39 is 16.1 Å². The lowest BCUT2D eigenvalue weighted by atomic mass is 11.6. The Morgan fingerprint density at radius 3 is 1.64 bits per heavy atom. The second kappa shape index (κ2) is 5.81. The van der Waals surface area contributed by atoms with E-state index in [2.05, 4.69) is 26.4 Å². The third kappa shape index (κ3) is 8.19. The van der Waals surface area contributed by atoms with E-state index >= 15 is 0 Å². The molecule has 1 saturated heterocycles. The zero-order chi connectivity index (χ0) is 11.4. The molecule has 84 valence electrons. The molecule has 0 unspecified atom stereocenters. The Morgan fingerprint density at radius 2 is 1.57 bits per heavy atom. The van der Waals surface area contributed by atoms with E-state index in [1.54, 1.807) is 0 Å². The van der Waals surface area contributed by atoms with E-state index in [-0.39, 0.29) is 20.9 Å². The maximum Gasteiger partial charge on any atom is 0.469 e. The topological polar surface area (TPSA) is 44.8 Å². The van der Waals surface area contributed by atoms with Gasteiger partial charge in [0.15, 0.2) is 15.1 Å². The van der Waals surface area contributed by atoms with Gasteiger partial charge in [-0.3, -0.25) is 9.05 Å². The lowest BCUT2D eigenvalue weighted by Crippen LogP contribution is -2.28. The second-order valence-corrected chi connectivity index (χ2v) is 14.6. The molecule has 0 aromatic rings. The van der Waals surface area contributed by atoms with Gasteiger partial charge in [-0.15, -0.1) is 17.4 Å². The summed E-state index contributed by atoms with van der Waals surface area (Å²) in [7, 11) is -4.83. The van der Waals surface area contributed by atoms with Gasteiger partial charge in [-0.25, -0.2) is 4.57 Å². The minimum Gasteiger partial charge on any atom is -0.330 e. The van der Waals surface area contributed by atoms with E-state index in [4.69, 9.17) is 4.21 Å². The summed E-state index contributed by atoms with van der Waals surface area (Å²) >= 11 is -0.139. The summed E-state index contributed by atoms with van der Waals surface area (Å²) in [5, 5.41) is 0. The van der Waals surface area contributed by atoms with Gasteiger partial charge in [0.2, 0.25) is 0 Å². The van der Waals surface area contributed by atoms with Crippen molar-refractivity contribution in [2.45, 2.75) is 37.0 Å². The van der Waals surface area contributed by atoms with Crippen LogP contribution in [0.2, 0.25) is 37.0 Å². The number of rotatable bonds is 2. The Labute approximate surface area is 92.1 Å². The minimum absolute atomic E-state index is 0.0990. The molecule has 7 heteroatoms. The summed E-state index contributed by atoms with van der Waals surface area (Å²) in [5.74, 6) is 6.92. The number of phosphoric ester groups is 1. The van der Waals surface area contributed by atoms with Crippen molar-refractivity contribution >= 4 is 30.3 Å². The molecular weight excluding hydrogens is 234 g/mol. The van der Waals surface area contributed by atoms with Gasteiger partial charge < -0.3 is 4.21 Å². The molecule has 0 aromatic heterocycles. The highest BCUT2D eigenvalue weighted by atomic mass is 31.2. The van der Waals surface area contributed by atoms with E-state index in [0.29, 0.717) is 0 Å². The summed E-state index contributed by atoms with van der Waals surface area (Å²) < 4.78 is 25.4. The van der Waals surface area contributed by atoms with Crippen molar-refractivity contribution in [2.75, 3.05) is 6.79 Å². The van der Waals surface area contributed by atoms with Crippen molar-refractivity contribution in [3.63, 3.8) is 0 Å². The average Bonchev–Trinajstić information content (AvgIpc) is 1.78. The van der Waals surface area contributed by atoms with Crippen LogP contribution in [0.3, 0.4) is 0 Å². The molecule has 0 saturated carbocycles. The third-order valence-electron chi connectivity index (χ3n) is 0.807. The molecule has 1 heterocycles. The predicted octanol–water partition coefficient (Wildman–Crippen LogP) is 3.32. The fourth-order valence-electron chi connectivity index (χ4n) is 0.527. The number of phosphoric acid groups is 1. The summed E-state index contributed by atoms with van der Waals surface area (Å²) in [6, 6.07) is 0. The van der Waals surface area contributed by atoms with Crippen LogP contribution in [0.1, 0.15) is 0 Å². The molecule has 0 N–H and O–H groups in total. The Kier molecular flexibility index (Phi) is 6.17. The van der Waals surface area contributed by atoms with Crippen LogP contribution in [0.25, 0.3) is 0 Å². The predicted molar refractivity (Wildman–Crippen MR) is 62.4 cm³/mol. The first kappa shape index (κ1) is 14.9. The van der Waals surface area contributed by atoms with Crippen LogP contribution >= 0.6 is 7.82 Å². The maximum absolute atomic E-state index is 11.1. The van der Waals surface area contributed by atoms with Gasteiger partial charge in [0.1, 0.15) is 0 Å². The molecule has 0 radical (unpaired) electrons. The highest BCUT2D eigenvalue weighted by Gasteiger charge is 2.40. The van der Waals surface area contributed by atoms with Gasteiger partial charge in [0.05, 0.1) is 0 Å². The first-order valence-corrected chi connectivity index (χ1v) is 13.1. The first-order valence-electron chi connectivity index (χ1n) is 4.74. The minimum atomic E-state index is -3.05. The molecular formula is C7H20AlO4PSi. The standard InChI is InChI=1S/C4H11O4PSi.3CH3.Al/c1-10(2,3)8-9(5)6-4-7-9;;;;/h4H2,1-3H3;3*1H3;. The van der Waals surface area contributed by atoms with Crippen molar-refractivity contribution < 1.29 is 17.8 Å². The summed E-state index contributed by atoms with van der Waals surface area (Å²) in [4.78, 5) is 0. The monoisotopic (exact) mass is 254 g/mol. The SMILES string of the molecule is C[Si](C)(C)OP1(=O)OCO1.[CH3][Al]([CH3])[CH3]. The normalized spacial score (nSPS) is 19.0. The molecule has 0 bridgehead atoms. The van der Waals surface area contributed by atoms with Crippen LogP contribution in [0.5, 0.6) is 0 Å². The molecule has 0 aliphatic carbocycles. The average molecular weight is 254 g/mol. The molecule has 1 aliphatic rings. The quantitative estimate of drug-likeness (QED) is 0.560. The molecule has 0 spiro atoms. The third-order valence-corrected chi connectivity index (χ3v) is 4.74. The summed E-state index contributed by atoms with van der Waals surface area (Å²) in [6.07, 6.45) is 0. The van der Waals surface area contributed by atoms with Gasteiger partial charge in [0.25, 0.3) is 14.1 Å². The van der Waals surface area contributed by atoms with Crippen LogP contribution < -0.4 is 0 Å². The van der Waals surface area contributed by atoms with Gasteiger partial charge in [0, 0.05) is 0 Å². The summed E-state index contributed by atoms with van der Waals surface area (Å²) in [6.45, 7) is 5.88. The van der Waals surface area contributed by atoms with Crippen LogP contribution in [-0.4, -0.2) is 29.3 Å². The zero-order valence-electron chi connectivity index (χ0n) is 9.86. The largest absolute Gasteiger partial charge is 0.469 e. The number of hydrogen-bond acceptors (Lipinski definition) is 4. The Morgan fingerprint density at radius 1 is 1.21 bits per heavy atom. The second-order valence-electron chi connectivity index (χ2n) is 4.76. The van der Waals surface area contributed by atoms with Gasteiger partial charge in [-0.2, -0.15) is 0 Å². The van der Waals surface area contributed by atoms with Gasteiger partial charge in [-0.1, -0.05) is 0 Å². The van der Waals surface area contributed by atoms with Gasteiger partial charge >= 0.3 is 7.82 Å². The van der Waals surface area contributed by atoms with Crippen LogP contribution in [-0.2, 0) is 17.8 Å². The molecule has 0 aromatic carbocycles.